The summed E-state index contributed by atoms with van der Waals surface area (Å²) in [7, 11) is 0. The molecule has 0 bridgehead atoms. The Hall–Kier alpha value is -2.31. The molecule has 0 saturated heterocycles. The van der Waals surface area contributed by atoms with Gasteiger partial charge in [0.1, 0.15) is 5.56 Å². The molecule has 4 nitrogen and oxygen atoms in total. The van der Waals surface area contributed by atoms with Crippen LogP contribution in [0.4, 0.5) is 13.2 Å². The molecule has 1 aromatic heterocycles. The minimum absolute atomic E-state index is 0.00822. The second-order valence-electron chi connectivity index (χ2n) is 5.73. The van der Waals surface area contributed by atoms with E-state index in [-0.39, 0.29) is 41.1 Å². The molecule has 0 aliphatic heterocycles. The predicted molar refractivity (Wildman–Crippen MR) is 81.7 cm³/mol. The Morgan fingerprint density at radius 3 is 2.42 bits per heavy atom. The Balaban J connectivity index is 2.48. The number of hydrogen-bond donors (Lipinski definition) is 0. The zero-order valence-electron chi connectivity index (χ0n) is 13.3. The van der Waals surface area contributed by atoms with Crippen LogP contribution < -0.4 is 5.43 Å². The van der Waals surface area contributed by atoms with E-state index in [1.807, 2.05) is 0 Å². The number of ether oxygens (including phenoxy) is 1. The van der Waals surface area contributed by atoms with Crippen LogP contribution in [0.3, 0.4) is 0 Å². The molecule has 24 heavy (non-hydrogen) atoms. The highest BCUT2D eigenvalue weighted by atomic mass is 19.2. The van der Waals surface area contributed by atoms with Crippen LogP contribution in [0.1, 0.15) is 48.7 Å². The van der Waals surface area contributed by atoms with Gasteiger partial charge in [-0.1, -0.05) is 6.92 Å². The van der Waals surface area contributed by atoms with E-state index in [0.29, 0.717) is 12.8 Å². The van der Waals surface area contributed by atoms with E-state index < -0.39 is 28.8 Å². The van der Waals surface area contributed by atoms with E-state index in [2.05, 4.69) is 0 Å². The third-order valence-electron chi connectivity index (χ3n) is 4.18. The van der Waals surface area contributed by atoms with E-state index in [1.165, 1.54) is 17.7 Å². The first-order chi connectivity index (χ1) is 11.4. The predicted octanol–water partition coefficient (Wildman–Crippen LogP) is 3.49. The summed E-state index contributed by atoms with van der Waals surface area (Å²) in [5, 5.41) is -0.286. The highest BCUT2D eigenvalue weighted by molar-refractivity contribution is 5.95. The highest BCUT2D eigenvalue weighted by Gasteiger charge is 2.32. The first-order valence-electron chi connectivity index (χ1n) is 7.83. The van der Waals surface area contributed by atoms with E-state index in [4.69, 9.17) is 4.74 Å². The average molecular weight is 339 g/mol. The van der Waals surface area contributed by atoms with E-state index in [0.717, 1.165) is 0 Å². The van der Waals surface area contributed by atoms with Crippen LogP contribution in [0, 0.1) is 17.5 Å². The van der Waals surface area contributed by atoms with Crippen molar-refractivity contribution < 1.29 is 22.7 Å². The maximum absolute atomic E-state index is 14.4. The molecule has 2 aromatic rings. The lowest BCUT2D eigenvalue weighted by Gasteiger charge is -2.16. The number of benzene rings is 1. The van der Waals surface area contributed by atoms with Crippen LogP contribution in [0.2, 0.25) is 0 Å². The summed E-state index contributed by atoms with van der Waals surface area (Å²) in [6, 6.07) is -0.148. The first-order valence-corrected chi connectivity index (χ1v) is 7.83. The molecule has 0 unspecified atom stereocenters. The maximum atomic E-state index is 14.4. The van der Waals surface area contributed by atoms with Gasteiger partial charge in [-0.3, -0.25) is 4.79 Å². The third kappa shape index (κ3) is 2.39. The lowest BCUT2D eigenvalue weighted by molar-refractivity contribution is 0.0524. The van der Waals surface area contributed by atoms with Crippen LogP contribution in [0.25, 0.3) is 10.9 Å². The number of fused-ring (bicyclic) bond motifs is 1. The van der Waals surface area contributed by atoms with Crippen molar-refractivity contribution in [3.63, 3.8) is 0 Å². The number of halogens is 3. The van der Waals surface area contributed by atoms with Gasteiger partial charge in [0, 0.05) is 17.8 Å². The van der Waals surface area contributed by atoms with E-state index in [9.17, 15) is 22.8 Å². The summed E-state index contributed by atoms with van der Waals surface area (Å²) < 4.78 is 48.7. The van der Waals surface area contributed by atoms with Crippen molar-refractivity contribution in [1.82, 2.24) is 4.57 Å². The molecule has 0 radical (unpaired) electrons. The van der Waals surface area contributed by atoms with Gasteiger partial charge in [-0.05, 0) is 26.2 Å². The normalized spacial score (nSPS) is 14.2. The lowest BCUT2D eigenvalue weighted by atomic mass is 10.0. The number of aromatic nitrogens is 1. The Bertz CT molecular complexity index is 901. The molecule has 1 aliphatic rings. The summed E-state index contributed by atoms with van der Waals surface area (Å²) in [5.41, 5.74) is -1.65. The smallest absolute Gasteiger partial charge is 0.343 e. The fourth-order valence-electron chi connectivity index (χ4n) is 2.91. The van der Waals surface area contributed by atoms with Gasteiger partial charge in [-0.15, -0.1) is 0 Å². The molecule has 0 atom stereocenters. The van der Waals surface area contributed by atoms with Crippen LogP contribution in [-0.4, -0.2) is 17.1 Å². The monoisotopic (exact) mass is 339 g/mol. The van der Waals surface area contributed by atoms with Crippen molar-refractivity contribution in [1.29, 1.82) is 0 Å². The summed E-state index contributed by atoms with van der Waals surface area (Å²) in [5.74, 6) is -5.25. The van der Waals surface area contributed by atoms with Gasteiger partial charge in [0.15, 0.2) is 17.5 Å². The van der Waals surface area contributed by atoms with Crippen molar-refractivity contribution in [3.05, 3.63) is 45.0 Å². The zero-order chi connectivity index (χ0) is 17.6. The molecule has 0 amide bonds. The van der Waals surface area contributed by atoms with Crippen molar-refractivity contribution in [2.75, 3.05) is 6.61 Å². The van der Waals surface area contributed by atoms with Gasteiger partial charge < -0.3 is 9.30 Å². The Kier molecular flexibility index (Phi) is 4.11. The molecule has 0 N–H and O–H groups in total. The Labute approximate surface area is 135 Å². The number of esters is 1. The second-order valence-corrected chi connectivity index (χ2v) is 5.73. The summed E-state index contributed by atoms with van der Waals surface area (Å²) in [6.07, 6.45) is 2.60. The molecule has 1 heterocycles. The molecule has 3 rings (SSSR count). The fraction of sp³-hybridized carbons (Fsp3) is 0.412. The van der Waals surface area contributed by atoms with Crippen molar-refractivity contribution in [2.45, 2.75) is 39.2 Å². The number of rotatable bonds is 4. The van der Waals surface area contributed by atoms with Crippen LogP contribution in [0.5, 0.6) is 0 Å². The van der Waals surface area contributed by atoms with Crippen molar-refractivity contribution in [3.8, 4) is 0 Å². The minimum Gasteiger partial charge on any atom is -0.462 e. The minimum atomic E-state index is -1.60. The summed E-state index contributed by atoms with van der Waals surface area (Å²) in [4.78, 5) is 24.7. The van der Waals surface area contributed by atoms with Gasteiger partial charge in [-0.25, -0.2) is 18.0 Å². The quantitative estimate of drug-likeness (QED) is 0.633. The number of hydrogen-bond acceptors (Lipinski definition) is 3. The summed E-state index contributed by atoms with van der Waals surface area (Å²) >= 11 is 0. The summed E-state index contributed by atoms with van der Waals surface area (Å²) in [6.45, 7) is 3.18. The zero-order valence-corrected chi connectivity index (χ0v) is 13.3. The third-order valence-corrected chi connectivity index (χ3v) is 4.18. The Morgan fingerprint density at radius 1 is 1.21 bits per heavy atom. The molecule has 1 aromatic carbocycles. The topological polar surface area (TPSA) is 48.3 Å². The van der Waals surface area contributed by atoms with Gasteiger partial charge >= 0.3 is 5.97 Å². The molecule has 1 fully saturated rings. The largest absolute Gasteiger partial charge is 0.462 e. The molecule has 1 aliphatic carbocycles. The van der Waals surface area contributed by atoms with E-state index in [1.54, 1.807) is 6.92 Å². The molecular formula is C17H16F3NO3. The average Bonchev–Trinajstić information content (AvgIpc) is 3.39. The van der Waals surface area contributed by atoms with Crippen LogP contribution in [0.15, 0.2) is 11.0 Å². The Morgan fingerprint density at radius 2 is 1.88 bits per heavy atom. The first kappa shape index (κ1) is 16.5. The lowest BCUT2D eigenvalue weighted by Crippen LogP contribution is -2.23. The molecule has 1 saturated carbocycles. The molecular weight excluding hydrogens is 323 g/mol. The number of aryl methyl sites for hydroxylation is 1. The molecule has 7 heteroatoms. The number of pyridine rings is 1. The molecule has 128 valence electrons. The highest BCUT2D eigenvalue weighted by Crippen LogP contribution is 2.39. The van der Waals surface area contributed by atoms with Gasteiger partial charge in [0.25, 0.3) is 0 Å². The number of carbonyl (C=O) groups excluding carboxylic acids is 1. The van der Waals surface area contributed by atoms with Crippen molar-refractivity contribution >= 4 is 16.9 Å². The SMILES string of the molecule is CCOC(=O)c1cn(C2CC2)c2c(F)c(F)c(F)c(CC)c2c1=O. The number of carbonyl (C=O) groups is 1. The van der Waals surface area contributed by atoms with Crippen LogP contribution in [-0.2, 0) is 11.2 Å². The van der Waals surface area contributed by atoms with E-state index >= 15 is 0 Å². The van der Waals surface area contributed by atoms with Gasteiger partial charge in [0.05, 0.1) is 17.5 Å². The second kappa shape index (κ2) is 5.96. The van der Waals surface area contributed by atoms with Gasteiger partial charge in [0.2, 0.25) is 5.43 Å². The molecule has 0 spiro atoms. The number of nitrogens with zero attached hydrogens (tertiary/aromatic N) is 1. The maximum Gasteiger partial charge on any atom is 0.343 e. The fourth-order valence-corrected chi connectivity index (χ4v) is 2.91. The standard InChI is InChI=1S/C17H16F3NO3/c1-3-9-11-15(14(20)13(19)12(9)18)21(8-5-6-8)7-10(16(11)22)17(23)24-4-2/h7-8H,3-6H2,1-2H3. The van der Waals surface area contributed by atoms with Crippen molar-refractivity contribution in [2.24, 2.45) is 0 Å². The van der Waals surface area contributed by atoms with Gasteiger partial charge in [-0.2, -0.15) is 0 Å². The van der Waals surface area contributed by atoms with Crippen LogP contribution >= 0.6 is 0 Å².